The normalized spacial score (nSPS) is 16.6. The summed E-state index contributed by atoms with van der Waals surface area (Å²) in [6, 6.07) is 0. The summed E-state index contributed by atoms with van der Waals surface area (Å²) in [7, 11) is 0. The minimum atomic E-state index is -0.346. The first-order valence-corrected chi connectivity index (χ1v) is 7.99. The second-order valence-corrected chi connectivity index (χ2v) is 6.87. The van der Waals surface area contributed by atoms with E-state index in [1.807, 2.05) is 20.8 Å². The molecule has 0 spiro atoms. The molecule has 2 aromatic heterocycles. The van der Waals surface area contributed by atoms with E-state index in [1.165, 1.54) is 15.3 Å². The number of hydrogen-bond acceptors (Lipinski definition) is 4. The quantitative estimate of drug-likeness (QED) is 0.846. The van der Waals surface area contributed by atoms with Crippen molar-refractivity contribution in [3.05, 3.63) is 38.2 Å². The average Bonchev–Trinajstić information content (AvgIpc) is 2.46. The molecule has 0 unspecified atom stereocenters. The molecule has 2 heterocycles. The van der Waals surface area contributed by atoms with Crippen LogP contribution < -0.4 is 11.2 Å². The lowest BCUT2D eigenvalue weighted by Gasteiger charge is -2.30. The van der Waals surface area contributed by atoms with Crippen LogP contribution in [0.3, 0.4) is 0 Å². The van der Waals surface area contributed by atoms with Gasteiger partial charge in [0, 0.05) is 31.3 Å². The largest absolute Gasteiger partial charge is 0.332 e. The van der Waals surface area contributed by atoms with Gasteiger partial charge in [-0.15, -0.1) is 0 Å². The Kier molecular flexibility index (Phi) is 3.50. The predicted molar refractivity (Wildman–Crippen MR) is 88.0 cm³/mol. The third-order valence-electron chi connectivity index (χ3n) is 4.57. The summed E-state index contributed by atoms with van der Waals surface area (Å²) in [5.41, 5.74) is 0.767. The van der Waals surface area contributed by atoms with Crippen LogP contribution in [0.1, 0.15) is 50.0 Å². The van der Waals surface area contributed by atoms with Crippen LogP contribution in [0.25, 0.3) is 11.0 Å². The van der Waals surface area contributed by atoms with E-state index < -0.39 is 0 Å². The fraction of sp³-hybridized carbons (Fsp3) is 0.529. The standard InChI is InChI=1S/C17H21N3O3/c1-5-19-14-13(15(22)20(6-2)16(19)23)10-7-17(3,4)8-12(21)11(10)9-18-14/h9H,5-8H2,1-4H3. The molecule has 1 aliphatic carbocycles. The van der Waals surface area contributed by atoms with E-state index in [1.54, 1.807) is 6.92 Å². The monoisotopic (exact) mass is 315 g/mol. The molecular formula is C17H21N3O3. The van der Waals surface area contributed by atoms with Crippen molar-refractivity contribution >= 4 is 16.8 Å². The predicted octanol–water partition coefficient (Wildman–Crippen LogP) is 1.75. The number of fused-ring (bicyclic) bond motifs is 3. The Morgan fingerprint density at radius 3 is 2.35 bits per heavy atom. The Morgan fingerprint density at radius 2 is 1.74 bits per heavy atom. The van der Waals surface area contributed by atoms with Gasteiger partial charge in [0.2, 0.25) is 0 Å². The molecule has 6 heteroatoms. The summed E-state index contributed by atoms with van der Waals surface area (Å²) >= 11 is 0. The molecule has 0 saturated carbocycles. The van der Waals surface area contributed by atoms with Crippen LogP contribution >= 0.6 is 0 Å². The minimum absolute atomic E-state index is 0.0161. The van der Waals surface area contributed by atoms with Crippen LogP contribution in [-0.2, 0) is 19.5 Å². The number of rotatable bonds is 2. The van der Waals surface area contributed by atoms with Gasteiger partial charge in [0.15, 0.2) is 5.78 Å². The second-order valence-electron chi connectivity index (χ2n) is 6.87. The third kappa shape index (κ3) is 2.24. The highest BCUT2D eigenvalue weighted by Gasteiger charge is 2.33. The molecule has 0 atom stereocenters. The zero-order valence-electron chi connectivity index (χ0n) is 14.0. The van der Waals surface area contributed by atoms with E-state index in [-0.39, 0.29) is 22.4 Å². The highest BCUT2D eigenvalue weighted by atomic mass is 16.2. The van der Waals surface area contributed by atoms with Crippen LogP contribution in [0.2, 0.25) is 0 Å². The fourth-order valence-electron chi connectivity index (χ4n) is 3.48. The summed E-state index contributed by atoms with van der Waals surface area (Å²) in [6.45, 7) is 8.39. The first kappa shape index (κ1) is 15.6. The molecule has 1 aliphatic rings. The van der Waals surface area contributed by atoms with Gasteiger partial charge in [0.05, 0.1) is 5.39 Å². The molecular weight excluding hydrogens is 294 g/mol. The number of aromatic nitrogens is 3. The molecule has 2 aromatic rings. The topological polar surface area (TPSA) is 74.0 Å². The van der Waals surface area contributed by atoms with Gasteiger partial charge in [-0.1, -0.05) is 13.8 Å². The van der Waals surface area contributed by atoms with Crippen molar-refractivity contribution in [2.75, 3.05) is 0 Å². The number of carbonyl (C=O) groups excluding carboxylic acids is 1. The molecule has 0 saturated heterocycles. The maximum Gasteiger partial charge on any atom is 0.332 e. The number of nitrogens with zero attached hydrogens (tertiary/aromatic N) is 3. The van der Waals surface area contributed by atoms with E-state index in [9.17, 15) is 14.4 Å². The van der Waals surface area contributed by atoms with Crippen LogP contribution in [0.5, 0.6) is 0 Å². The molecule has 0 fully saturated rings. The minimum Gasteiger partial charge on any atom is -0.294 e. The summed E-state index contributed by atoms with van der Waals surface area (Å²) in [5, 5.41) is 0.423. The number of Topliss-reactive ketones (excluding diaryl/α,β-unsaturated/α-hetero) is 1. The molecule has 0 aromatic carbocycles. The Morgan fingerprint density at radius 1 is 1.09 bits per heavy atom. The average molecular weight is 315 g/mol. The lowest BCUT2D eigenvalue weighted by Crippen LogP contribution is -2.41. The van der Waals surface area contributed by atoms with Gasteiger partial charge < -0.3 is 0 Å². The van der Waals surface area contributed by atoms with Gasteiger partial charge in [-0.2, -0.15) is 0 Å². The highest BCUT2D eigenvalue weighted by molar-refractivity contribution is 6.02. The lowest BCUT2D eigenvalue weighted by molar-refractivity contribution is 0.0912. The van der Waals surface area contributed by atoms with Crippen molar-refractivity contribution < 1.29 is 4.79 Å². The summed E-state index contributed by atoms with van der Waals surface area (Å²) in [6.07, 6.45) is 2.60. The van der Waals surface area contributed by atoms with Crippen LogP contribution in [-0.4, -0.2) is 19.9 Å². The van der Waals surface area contributed by atoms with Gasteiger partial charge >= 0.3 is 5.69 Å². The first-order chi connectivity index (χ1) is 10.8. The number of aryl methyl sites for hydroxylation is 1. The molecule has 0 amide bonds. The molecule has 3 rings (SSSR count). The molecule has 23 heavy (non-hydrogen) atoms. The van der Waals surface area contributed by atoms with Crippen molar-refractivity contribution in [2.24, 2.45) is 5.41 Å². The van der Waals surface area contributed by atoms with Gasteiger partial charge in [0.25, 0.3) is 5.56 Å². The summed E-state index contributed by atoms with van der Waals surface area (Å²) in [4.78, 5) is 42.0. The van der Waals surface area contributed by atoms with E-state index in [0.29, 0.717) is 42.5 Å². The number of ketones is 1. The first-order valence-electron chi connectivity index (χ1n) is 7.99. The molecule has 122 valence electrons. The van der Waals surface area contributed by atoms with Crippen molar-refractivity contribution in [1.82, 2.24) is 14.1 Å². The Hall–Kier alpha value is -2.24. The maximum absolute atomic E-state index is 12.8. The molecule has 0 aliphatic heterocycles. The van der Waals surface area contributed by atoms with Crippen molar-refractivity contribution in [1.29, 1.82) is 0 Å². The number of pyridine rings is 1. The van der Waals surface area contributed by atoms with Crippen molar-refractivity contribution in [3.63, 3.8) is 0 Å². The Balaban J connectivity index is 2.52. The van der Waals surface area contributed by atoms with E-state index in [4.69, 9.17) is 0 Å². The second kappa shape index (κ2) is 5.15. The summed E-state index contributed by atoms with van der Waals surface area (Å²) < 4.78 is 2.73. The molecule has 0 bridgehead atoms. The van der Waals surface area contributed by atoms with Gasteiger partial charge in [0.1, 0.15) is 5.65 Å². The van der Waals surface area contributed by atoms with E-state index >= 15 is 0 Å². The van der Waals surface area contributed by atoms with Crippen molar-refractivity contribution in [3.8, 4) is 0 Å². The highest BCUT2D eigenvalue weighted by Crippen LogP contribution is 2.36. The molecule has 6 nitrogen and oxygen atoms in total. The van der Waals surface area contributed by atoms with Crippen molar-refractivity contribution in [2.45, 2.75) is 53.6 Å². The van der Waals surface area contributed by atoms with Crippen LogP contribution in [0.4, 0.5) is 0 Å². The molecule has 0 N–H and O–H groups in total. The van der Waals surface area contributed by atoms with E-state index in [2.05, 4.69) is 4.98 Å². The zero-order valence-corrected chi connectivity index (χ0v) is 14.0. The van der Waals surface area contributed by atoms with E-state index in [0.717, 1.165) is 5.56 Å². The molecule has 0 radical (unpaired) electrons. The Bertz CT molecular complexity index is 935. The van der Waals surface area contributed by atoms with Crippen LogP contribution in [0, 0.1) is 5.41 Å². The van der Waals surface area contributed by atoms with Crippen LogP contribution in [0.15, 0.2) is 15.8 Å². The third-order valence-corrected chi connectivity index (χ3v) is 4.57. The fourth-order valence-corrected chi connectivity index (χ4v) is 3.48. The SMILES string of the molecule is CCn1c(=O)c2c3c(cnc2n(CC)c1=O)C(=O)CC(C)(C)C3. The number of hydrogen-bond donors (Lipinski definition) is 0. The lowest BCUT2D eigenvalue weighted by atomic mass is 9.73. The smallest absolute Gasteiger partial charge is 0.294 e. The zero-order chi connectivity index (χ0) is 16.9. The Labute approximate surface area is 133 Å². The van der Waals surface area contributed by atoms with Gasteiger partial charge in [-0.25, -0.2) is 9.78 Å². The summed E-state index contributed by atoms with van der Waals surface area (Å²) in [5.74, 6) is 0.0161. The van der Waals surface area contributed by atoms with Gasteiger partial charge in [-0.3, -0.25) is 18.7 Å². The maximum atomic E-state index is 12.8. The van der Waals surface area contributed by atoms with Gasteiger partial charge in [-0.05, 0) is 31.2 Å². The number of carbonyl (C=O) groups is 1.